The monoisotopic (exact) mass is 557 g/mol. The zero-order valence-corrected chi connectivity index (χ0v) is 22.8. The molecule has 0 aliphatic rings. The summed E-state index contributed by atoms with van der Waals surface area (Å²) in [7, 11) is 0. The van der Waals surface area contributed by atoms with Gasteiger partial charge in [0.15, 0.2) is 0 Å². The molecule has 0 spiro atoms. The molecule has 0 radical (unpaired) electrons. The van der Waals surface area contributed by atoms with Crippen molar-refractivity contribution in [3.05, 3.63) is 113 Å². The van der Waals surface area contributed by atoms with Crippen molar-refractivity contribution in [1.29, 1.82) is 21.0 Å². The Kier molecular flexibility index (Phi) is 5.64. The third-order valence-electron chi connectivity index (χ3n) is 7.12. The molecule has 0 N–H and O–H groups in total. The van der Waals surface area contributed by atoms with Crippen molar-refractivity contribution in [2.45, 2.75) is 0 Å². The lowest BCUT2D eigenvalue weighted by atomic mass is 10.1. The smallest absolute Gasteiger partial charge is 0.0992 e. The summed E-state index contributed by atoms with van der Waals surface area (Å²) in [5.74, 6) is 0. The van der Waals surface area contributed by atoms with Crippen LogP contribution in [0.5, 0.6) is 0 Å². The molecule has 7 aromatic rings. The fourth-order valence-corrected chi connectivity index (χ4v) is 7.62. The highest BCUT2D eigenvalue weighted by Crippen LogP contribution is 2.43. The molecule has 2 heterocycles. The first-order valence-electron chi connectivity index (χ1n) is 12.6. The summed E-state index contributed by atoms with van der Waals surface area (Å²) in [6.45, 7) is 0. The van der Waals surface area contributed by atoms with Crippen molar-refractivity contribution in [2.75, 3.05) is 4.90 Å². The van der Waals surface area contributed by atoms with Crippen LogP contribution in [-0.4, -0.2) is 0 Å². The third-order valence-corrected chi connectivity index (χ3v) is 9.35. The van der Waals surface area contributed by atoms with E-state index in [9.17, 15) is 21.0 Å². The van der Waals surface area contributed by atoms with Crippen LogP contribution < -0.4 is 4.90 Å². The van der Waals surface area contributed by atoms with Crippen LogP contribution in [-0.2, 0) is 0 Å². The minimum atomic E-state index is 0.406. The average Bonchev–Trinajstić information content (AvgIpc) is 3.57. The number of thiophene rings is 2. The summed E-state index contributed by atoms with van der Waals surface area (Å²) >= 11 is 3.26. The number of rotatable bonds is 3. The summed E-state index contributed by atoms with van der Waals surface area (Å²) in [6.07, 6.45) is 0. The van der Waals surface area contributed by atoms with Gasteiger partial charge in [-0.3, -0.25) is 0 Å². The van der Waals surface area contributed by atoms with E-state index in [1.807, 2.05) is 48.5 Å². The van der Waals surface area contributed by atoms with Crippen LogP contribution in [0.1, 0.15) is 22.3 Å². The predicted octanol–water partition coefficient (Wildman–Crippen LogP) is 9.38. The van der Waals surface area contributed by atoms with E-state index in [4.69, 9.17) is 0 Å². The highest BCUT2D eigenvalue weighted by Gasteiger charge is 2.18. The molecule has 5 aromatic carbocycles. The highest BCUT2D eigenvalue weighted by atomic mass is 32.1. The van der Waals surface area contributed by atoms with E-state index in [-0.39, 0.29) is 0 Å². The standard InChI is InChI=1S/C34H15N5S2/c35-16-20-1-5-27-29-7-3-24(14-33(29)40-31(27)12-20)39(26-10-22(18-37)9-23(11-26)19-38)25-4-8-30-28-6-2-21(17-36)13-32(28)41-34(30)15-25/h1-15H. The summed E-state index contributed by atoms with van der Waals surface area (Å²) in [5, 5.41) is 42.6. The van der Waals surface area contributed by atoms with Crippen LogP contribution in [0, 0.1) is 45.3 Å². The number of hydrogen-bond donors (Lipinski definition) is 0. The molecule has 0 aliphatic heterocycles. The van der Waals surface area contributed by atoms with Crippen LogP contribution in [0.15, 0.2) is 91.0 Å². The Bertz CT molecular complexity index is 2220. The van der Waals surface area contributed by atoms with Gasteiger partial charge in [-0.1, -0.05) is 24.3 Å². The average molecular weight is 558 g/mol. The van der Waals surface area contributed by atoms with Gasteiger partial charge in [0.1, 0.15) is 0 Å². The Morgan fingerprint density at radius 1 is 0.390 bits per heavy atom. The Hall–Kier alpha value is -5.70. The molecule has 0 saturated carbocycles. The van der Waals surface area contributed by atoms with E-state index >= 15 is 0 Å². The van der Waals surface area contributed by atoms with Gasteiger partial charge in [-0.25, -0.2) is 0 Å². The largest absolute Gasteiger partial charge is 0.310 e. The SMILES string of the molecule is N#Cc1cc(C#N)cc(N(c2ccc3c(c2)sc2cc(C#N)ccc23)c2ccc3c(c2)sc2cc(C#N)ccc23)c1. The molecule has 0 saturated heterocycles. The maximum absolute atomic E-state index is 9.71. The first kappa shape index (κ1) is 24.3. The number of nitriles is 4. The van der Waals surface area contributed by atoms with Gasteiger partial charge in [-0.2, -0.15) is 21.0 Å². The lowest BCUT2D eigenvalue weighted by Gasteiger charge is -2.26. The molecule has 0 aliphatic carbocycles. The lowest BCUT2D eigenvalue weighted by molar-refractivity contribution is 1.28. The van der Waals surface area contributed by atoms with Crippen molar-refractivity contribution in [1.82, 2.24) is 0 Å². The van der Waals surface area contributed by atoms with Crippen LogP contribution in [0.3, 0.4) is 0 Å². The van der Waals surface area contributed by atoms with E-state index in [2.05, 4.69) is 53.4 Å². The molecular formula is C34H15N5S2. The van der Waals surface area contributed by atoms with Gasteiger partial charge in [-0.15, -0.1) is 22.7 Å². The fraction of sp³-hybridized carbons (Fsp3) is 0. The van der Waals surface area contributed by atoms with E-state index in [1.54, 1.807) is 40.9 Å². The topological polar surface area (TPSA) is 98.4 Å². The van der Waals surface area contributed by atoms with Gasteiger partial charge in [0.2, 0.25) is 0 Å². The summed E-state index contributed by atoms with van der Waals surface area (Å²) in [6, 6.07) is 38.0. The third kappa shape index (κ3) is 4.02. The predicted molar refractivity (Wildman–Crippen MR) is 166 cm³/mol. The first-order valence-corrected chi connectivity index (χ1v) is 14.2. The molecule has 5 nitrogen and oxygen atoms in total. The van der Waals surface area contributed by atoms with Crippen LogP contribution in [0.2, 0.25) is 0 Å². The normalized spacial score (nSPS) is 10.8. The van der Waals surface area contributed by atoms with Crippen molar-refractivity contribution in [3.8, 4) is 24.3 Å². The zero-order chi connectivity index (χ0) is 28.1. The number of anilines is 3. The summed E-state index contributed by atoms with van der Waals surface area (Å²) < 4.78 is 4.23. The summed E-state index contributed by atoms with van der Waals surface area (Å²) in [4.78, 5) is 2.07. The molecule has 0 unspecified atom stereocenters. The minimum absolute atomic E-state index is 0.406. The second kappa shape index (κ2) is 9.49. The van der Waals surface area contributed by atoms with Crippen LogP contribution in [0.25, 0.3) is 40.3 Å². The molecule has 188 valence electrons. The Morgan fingerprint density at radius 2 is 0.780 bits per heavy atom. The molecule has 0 fully saturated rings. The molecule has 0 bridgehead atoms. The quantitative estimate of drug-likeness (QED) is 0.215. The van der Waals surface area contributed by atoms with Gasteiger partial charge in [0.25, 0.3) is 0 Å². The van der Waals surface area contributed by atoms with E-state index < -0.39 is 0 Å². The van der Waals surface area contributed by atoms with Crippen molar-refractivity contribution in [2.24, 2.45) is 0 Å². The molecule has 7 rings (SSSR count). The maximum atomic E-state index is 9.71. The molecule has 7 heteroatoms. The summed E-state index contributed by atoms with van der Waals surface area (Å²) in [5.41, 5.74) is 4.54. The van der Waals surface area contributed by atoms with Crippen molar-refractivity contribution < 1.29 is 0 Å². The maximum Gasteiger partial charge on any atom is 0.0992 e. The zero-order valence-electron chi connectivity index (χ0n) is 21.2. The lowest BCUT2D eigenvalue weighted by Crippen LogP contribution is -2.10. The Balaban J connectivity index is 1.46. The van der Waals surface area contributed by atoms with Gasteiger partial charge in [0.05, 0.1) is 46.5 Å². The van der Waals surface area contributed by atoms with Gasteiger partial charge in [-0.05, 0) is 66.7 Å². The second-order valence-electron chi connectivity index (χ2n) is 9.54. The first-order chi connectivity index (χ1) is 20.1. The molecule has 0 amide bonds. The Labute approximate surface area is 242 Å². The fourth-order valence-electron chi connectivity index (χ4n) is 5.27. The Morgan fingerprint density at radius 3 is 1.20 bits per heavy atom. The van der Waals surface area contributed by atoms with E-state index in [0.29, 0.717) is 27.9 Å². The number of hydrogen-bond acceptors (Lipinski definition) is 7. The van der Waals surface area contributed by atoms with Crippen molar-refractivity contribution >= 4 is 80.1 Å². The molecule has 41 heavy (non-hydrogen) atoms. The molecule has 2 aromatic heterocycles. The van der Waals surface area contributed by atoms with E-state index in [1.165, 1.54) is 0 Å². The van der Waals surface area contributed by atoms with Crippen LogP contribution in [0.4, 0.5) is 17.1 Å². The number of benzene rings is 5. The minimum Gasteiger partial charge on any atom is -0.310 e. The highest BCUT2D eigenvalue weighted by molar-refractivity contribution is 7.26. The van der Waals surface area contributed by atoms with Gasteiger partial charge in [0, 0.05) is 57.4 Å². The van der Waals surface area contributed by atoms with E-state index in [0.717, 1.165) is 51.7 Å². The van der Waals surface area contributed by atoms with Crippen LogP contribution >= 0.6 is 22.7 Å². The number of fused-ring (bicyclic) bond motifs is 6. The van der Waals surface area contributed by atoms with Crippen molar-refractivity contribution in [3.63, 3.8) is 0 Å². The molecule has 0 atom stereocenters. The second-order valence-corrected chi connectivity index (χ2v) is 11.7. The van der Waals surface area contributed by atoms with Gasteiger partial charge >= 0.3 is 0 Å². The molecular weight excluding hydrogens is 543 g/mol. The van der Waals surface area contributed by atoms with Gasteiger partial charge < -0.3 is 4.90 Å². The number of nitrogens with zero attached hydrogens (tertiary/aromatic N) is 5.